The lowest BCUT2D eigenvalue weighted by molar-refractivity contribution is 0.350. The van der Waals surface area contributed by atoms with Crippen LogP contribution in [0.1, 0.15) is 32.3 Å². The summed E-state index contributed by atoms with van der Waals surface area (Å²) in [4.78, 5) is 0. The normalized spacial score (nSPS) is 26.1. The Kier molecular flexibility index (Phi) is 4.81. The minimum Gasteiger partial charge on any atom is -0.478 e. The molecule has 0 spiro atoms. The van der Waals surface area contributed by atoms with E-state index in [0.29, 0.717) is 6.04 Å². The van der Waals surface area contributed by atoms with E-state index in [4.69, 9.17) is 10.00 Å². The van der Waals surface area contributed by atoms with E-state index in [1.165, 1.54) is 12.8 Å². The first kappa shape index (κ1) is 13.9. The molecular weight excluding hydrogens is 236 g/mol. The molecule has 1 aromatic rings. The largest absolute Gasteiger partial charge is 0.478 e. The second-order valence-electron chi connectivity index (χ2n) is 5.46. The fourth-order valence-corrected chi connectivity index (χ4v) is 2.79. The fraction of sp³-hybridized carbons (Fsp3) is 0.562. The van der Waals surface area contributed by atoms with E-state index < -0.39 is 0 Å². The van der Waals surface area contributed by atoms with Crippen LogP contribution in [0, 0.1) is 23.2 Å². The Balaban J connectivity index is 1.94. The summed E-state index contributed by atoms with van der Waals surface area (Å²) in [6, 6.07) is 10.5. The van der Waals surface area contributed by atoms with Gasteiger partial charge in [-0.2, -0.15) is 5.26 Å². The van der Waals surface area contributed by atoms with Crippen molar-refractivity contribution in [3.63, 3.8) is 0 Å². The zero-order valence-electron chi connectivity index (χ0n) is 11.7. The Bertz CT molecular complexity index is 452. The van der Waals surface area contributed by atoms with E-state index in [2.05, 4.69) is 25.2 Å². The third-order valence-electron chi connectivity index (χ3n) is 4.28. The summed E-state index contributed by atoms with van der Waals surface area (Å²) in [7, 11) is 0. The monoisotopic (exact) mass is 258 g/mol. The molecule has 3 unspecified atom stereocenters. The maximum absolute atomic E-state index is 8.59. The molecule has 1 saturated carbocycles. The van der Waals surface area contributed by atoms with Crippen molar-refractivity contribution in [3.8, 4) is 11.8 Å². The van der Waals surface area contributed by atoms with Crippen molar-refractivity contribution in [1.82, 2.24) is 5.32 Å². The number of benzene rings is 1. The lowest BCUT2D eigenvalue weighted by Gasteiger charge is -2.20. The number of hydrogen-bond acceptors (Lipinski definition) is 3. The Morgan fingerprint density at radius 2 is 2.11 bits per heavy atom. The molecule has 1 aliphatic rings. The highest BCUT2D eigenvalue weighted by atomic mass is 16.5. The van der Waals surface area contributed by atoms with Crippen LogP contribution < -0.4 is 10.1 Å². The number of hydrogen-bond donors (Lipinski definition) is 1. The van der Waals surface area contributed by atoms with Gasteiger partial charge in [0.2, 0.25) is 0 Å². The zero-order valence-corrected chi connectivity index (χ0v) is 11.7. The van der Waals surface area contributed by atoms with Gasteiger partial charge in [-0.15, -0.1) is 0 Å². The van der Waals surface area contributed by atoms with Gasteiger partial charge in [0, 0.05) is 18.2 Å². The van der Waals surface area contributed by atoms with Crippen LogP contribution in [0.2, 0.25) is 0 Å². The predicted octanol–water partition coefficient (Wildman–Crippen LogP) is 3.11. The second kappa shape index (κ2) is 6.58. The molecule has 0 aliphatic heterocycles. The molecule has 3 nitrogen and oxygen atoms in total. The van der Waals surface area contributed by atoms with E-state index in [1.807, 2.05) is 24.3 Å². The Hall–Kier alpha value is -1.53. The van der Waals surface area contributed by atoms with Crippen molar-refractivity contribution < 1.29 is 4.74 Å². The molecule has 1 aliphatic carbocycles. The smallest absolute Gasteiger partial charge is 0.174 e. The highest BCUT2D eigenvalue weighted by Crippen LogP contribution is 2.31. The van der Waals surface area contributed by atoms with Crippen LogP contribution in [0.25, 0.3) is 0 Å². The van der Waals surface area contributed by atoms with Gasteiger partial charge in [0.1, 0.15) is 11.8 Å². The first-order valence-electron chi connectivity index (χ1n) is 7.03. The van der Waals surface area contributed by atoms with Crippen molar-refractivity contribution in [3.05, 3.63) is 29.8 Å². The average Bonchev–Trinajstić information content (AvgIpc) is 2.75. The zero-order chi connectivity index (χ0) is 13.7. The van der Waals surface area contributed by atoms with Crippen LogP contribution >= 0.6 is 0 Å². The molecule has 102 valence electrons. The first-order valence-corrected chi connectivity index (χ1v) is 7.03. The standard InChI is InChI=1S/C16H22N2O/c1-12-7-8-15(13(12)2)18-11-14-5-3-4-6-16(14)19-10-9-17/h3-6,12-13,15,18H,7-8,10-11H2,1-2H3. The summed E-state index contributed by atoms with van der Waals surface area (Å²) in [6.07, 6.45) is 2.56. The van der Waals surface area contributed by atoms with Crippen LogP contribution in [0.3, 0.4) is 0 Å². The Labute approximate surface area is 115 Å². The van der Waals surface area contributed by atoms with Crippen molar-refractivity contribution in [1.29, 1.82) is 5.26 Å². The molecule has 1 fully saturated rings. The Morgan fingerprint density at radius 1 is 1.32 bits per heavy atom. The number of nitrogens with zero attached hydrogens (tertiary/aromatic N) is 1. The molecule has 1 N–H and O–H groups in total. The molecule has 3 atom stereocenters. The van der Waals surface area contributed by atoms with Crippen molar-refractivity contribution in [2.45, 2.75) is 39.3 Å². The predicted molar refractivity (Wildman–Crippen MR) is 75.7 cm³/mol. The van der Waals surface area contributed by atoms with Gasteiger partial charge in [0.05, 0.1) is 0 Å². The SMILES string of the molecule is CC1CCC(NCc2ccccc2OCC#N)C1C. The van der Waals surface area contributed by atoms with Gasteiger partial charge >= 0.3 is 0 Å². The topological polar surface area (TPSA) is 45.0 Å². The van der Waals surface area contributed by atoms with Crippen LogP contribution in [-0.4, -0.2) is 12.6 Å². The summed E-state index contributed by atoms with van der Waals surface area (Å²) in [6.45, 7) is 5.57. The average molecular weight is 258 g/mol. The molecule has 0 radical (unpaired) electrons. The lowest BCUT2D eigenvalue weighted by Crippen LogP contribution is -2.32. The van der Waals surface area contributed by atoms with E-state index in [-0.39, 0.29) is 6.61 Å². The molecule has 0 heterocycles. The summed E-state index contributed by atoms with van der Waals surface area (Å²) in [5.74, 6) is 2.35. The number of nitriles is 1. The van der Waals surface area contributed by atoms with Crippen LogP contribution in [0.4, 0.5) is 0 Å². The van der Waals surface area contributed by atoms with Gasteiger partial charge in [0.25, 0.3) is 0 Å². The van der Waals surface area contributed by atoms with E-state index in [1.54, 1.807) is 0 Å². The maximum atomic E-state index is 8.59. The number of ether oxygens (including phenoxy) is 1. The third-order valence-corrected chi connectivity index (χ3v) is 4.28. The minimum atomic E-state index is 0.105. The summed E-state index contributed by atoms with van der Waals surface area (Å²) in [5.41, 5.74) is 1.13. The van der Waals surface area contributed by atoms with Gasteiger partial charge in [-0.1, -0.05) is 32.0 Å². The summed E-state index contributed by atoms with van der Waals surface area (Å²) in [5, 5.41) is 12.2. The molecule has 1 aromatic carbocycles. The van der Waals surface area contributed by atoms with Crippen molar-refractivity contribution >= 4 is 0 Å². The van der Waals surface area contributed by atoms with Crippen LogP contribution in [0.15, 0.2) is 24.3 Å². The molecule has 0 saturated heterocycles. The van der Waals surface area contributed by atoms with E-state index in [9.17, 15) is 0 Å². The highest BCUT2D eigenvalue weighted by Gasteiger charge is 2.29. The van der Waals surface area contributed by atoms with Gasteiger partial charge in [0.15, 0.2) is 6.61 Å². The molecule has 3 heteroatoms. The molecular formula is C16H22N2O. The highest BCUT2D eigenvalue weighted by molar-refractivity contribution is 5.33. The lowest BCUT2D eigenvalue weighted by atomic mass is 9.97. The minimum absolute atomic E-state index is 0.105. The molecule has 0 aromatic heterocycles. The number of para-hydroxylation sites is 1. The maximum Gasteiger partial charge on any atom is 0.174 e. The van der Waals surface area contributed by atoms with Gasteiger partial charge < -0.3 is 10.1 Å². The van der Waals surface area contributed by atoms with Gasteiger partial charge in [-0.05, 0) is 30.7 Å². The van der Waals surface area contributed by atoms with Crippen LogP contribution in [-0.2, 0) is 6.54 Å². The van der Waals surface area contributed by atoms with Crippen molar-refractivity contribution in [2.24, 2.45) is 11.8 Å². The summed E-state index contributed by atoms with van der Waals surface area (Å²) < 4.78 is 5.45. The second-order valence-corrected chi connectivity index (χ2v) is 5.46. The number of rotatable bonds is 5. The molecule has 0 amide bonds. The van der Waals surface area contributed by atoms with E-state index >= 15 is 0 Å². The Morgan fingerprint density at radius 3 is 2.79 bits per heavy atom. The fourth-order valence-electron chi connectivity index (χ4n) is 2.79. The third kappa shape index (κ3) is 3.48. The quantitative estimate of drug-likeness (QED) is 0.882. The first-order chi connectivity index (χ1) is 9.22. The van der Waals surface area contributed by atoms with Crippen LogP contribution in [0.5, 0.6) is 5.75 Å². The number of nitrogens with one attached hydrogen (secondary N) is 1. The summed E-state index contributed by atoms with van der Waals surface area (Å²) >= 11 is 0. The molecule has 19 heavy (non-hydrogen) atoms. The molecule has 2 rings (SSSR count). The van der Waals surface area contributed by atoms with Gasteiger partial charge in [-0.25, -0.2) is 0 Å². The van der Waals surface area contributed by atoms with Gasteiger partial charge in [-0.3, -0.25) is 0 Å². The van der Waals surface area contributed by atoms with Crippen molar-refractivity contribution in [2.75, 3.05) is 6.61 Å². The molecule has 0 bridgehead atoms. The van der Waals surface area contributed by atoms with E-state index in [0.717, 1.165) is 29.7 Å².